The zero-order valence-corrected chi connectivity index (χ0v) is 12.4. The summed E-state index contributed by atoms with van der Waals surface area (Å²) in [5.41, 5.74) is 0.523. The Bertz CT molecular complexity index is 580. The van der Waals surface area contributed by atoms with Crippen molar-refractivity contribution in [2.75, 3.05) is 6.61 Å². The van der Waals surface area contributed by atoms with E-state index < -0.39 is 0 Å². The van der Waals surface area contributed by atoms with E-state index >= 15 is 0 Å². The van der Waals surface area contributed by atoms with Gasteiger partial charge in [-0.3, -0.25) is 4.79 Å². The van der Waals surface area contributed by atoms with Crippen molar-refractivity contribution in [3.8, 4) is 11.5 Å². The van der Waals surface area contributed by atoms with Crippen molar-refractivity contribution in [3.63, 3.8) is 0 Å². The van der Waals surface area contributed by atoms with Gasteiger partial charge in [-0.15, -0.1) is 11.3 Å². The Morgan fingerprint density at radius 1 is 1.35 bits per heavy atom. The molecule has 2 rings (SSSR count). The van der Waals surface area contributed by atoms with Crippen molar-refractivity contribution >= 4 is 17.6 Å². The number of benzene rings is 1. The first-order valence-electron chi connectivity index (χ1n) is 6.49. The van der Waals surface area contributed by atoms with E-state index in [0.717, 1.165) is 22.6 Å². The number of carbonyl (C=O) groups is 1. The third kappa shape index (κ3) is 3.81. The van der Waals surface area contributed by atoms with Gasteiger partial charge < -0.3 is 9.47 Å². The van der Waals surface area contributed by atoms with Crippen molar-refractivity contribution < 1.29 is 14.3 Å². The Kier molecular flexibility index (Phi) is 5.12. The fourth-order valence-corrected chi connectivity index (χ4v) is 2.38. The maximum atomic E-state index is 11.0. The first-order valence-corrected chi connectivity index (χ1v) is 7.30. The molecule has 0 fully saturated rings. The fraction of sp³-hybridized carbons (Fsp3) is 0.333. The Balaban J connectivity index is 2.09. The molecule has 0 radical (unpaired) electrons. The highest BCUT2D eigenvalue weighted by Crippen LogP contribution is 2.25. The van der Waals surface area contributed by atoms with Crippen LogP contribution >= 0.6 is 11.3 Å². The van der Waals surface area contributed by atoms with Gasteiger partial charge in [-0.05, 0) is 25.5 Å². The zero-order chi connectivity index (χ0) is 14.4. The molecule has 106 valence electrons. The lowest BCUT2D eigenvalue weighted by Crippen LogP contribution is -1.99. The lowest BCUT2D eigenvalue weighted by molar-refractivity contribution is 0.111. The number of hydrogen-bond acceptors (Lipinski definition) is 5. The van der Waals surface area contributed by atoms with Gasteiger partial charge in [0.25, 0.3) is 0 Å². The van der Waals surface area contributed by atoms with Gasteiger partial charge in [0.2, 0.25) is 0 Å². The topological polar surface area (TPSA) is 48.4 Å². The van der Waals surface area contributed by atoms with Crippen LogP contribution in [-0.4, -0.2) is 17.9 Å². The normalized spacial score (nSPS) is 10.3. The fourth-order valence-electron chi connectivity index (χ4n) is 1.67. The number of aryl methyl sites for hydroxylation is 1. The van der Waals surface area contributed by atoms with Crippen LogP contribution in [0.3, 0.4) is 0 Å². The maximum absolute atomic E-state index is 11.0. The van der Waals surface area contributed by atoms with Crippen LogP contribution in [0.25, 0.3) is 0 Å². The number of nitrogens with zero attached hydrogens (tertiary/aromatic N) is 1. The molecule has 0 saturated carbocycles. The Labute approximate surface area is 122 Å². The highest BCUT2D eigenvalue weighted by molar-refractivity contribution is 7.11. The number of thiazole rings is 1. The molecule has 0 bridgehead atoms. The van der Waals surface area contributed by atoms with Gasteiger partial charge in [0.15, 0.2) is 6.29 Å². The minimum Gasteiger partial charge on any atom is -0.493 e. The average molecular weight is 291 g/mol. The molecular weight excluding hydrogens is 274 g/mol. The summed E-state index contributed by atoms with van der Waals surface area (Å²) in [6, 6.07) is 5.25. The lowest BCUT2D eigenvalue weighted by atomic mass is 10.2. The van der Waals surface area contributed by atoms with Gasteiger partial charge in [0.1, 0.15) is 18.1 Å². The SMILES string of the molecule is CCCOc1ccc(C=O)c(OCc2cnc(C)s2)c1. The first kappa shape index (κ1) is 14.5. The number of rotatable bonds is 7. The molecule has 0 aliphatic carbocycles. The molecule has 0 N–H and O–H groups in total. The molecule has 0 unspecified atom stereocenters. The first-order chi connectivity index (χ1) is 9.72. The van der Waals surface area contributed by atoms with Gasteiger partial charge in [0.05, 0.1) is 22.1 Å². The van der Waals surface area contributed by atoms with E-state index in [1.54, 1.807) is 35.7 Å². The quantitative estimate of drug-likeness (QED) is 0.731. The largest absolute Gasteiger partial charge is 0.493 e. The molecule has 1 heterocycles. The van der Waals surface area contributed by atoms with Crippen LogP contribution in [0.4, 0.5) is 0 Å². The molecule has 20 heavy (non-hydrogen) atoms. The highest BCUT2D eigenvalue weighted by atomic mass is 32.1. The molecule has 0 spiro atoms. The monoisotopic (exact) mass is 291 g/mol. The van der Waals surface area contributed by atoms with Gasteiger partial charge in [0, 0.05) is 12.3 Å². The predicted molar refractivity (Wildman–Crippen MR) is 78.8 cm³/mol. The van der Waals surface area contributed by atoms with Crippen LogP contribution in [0, 0.1) is 6.92 Å². The summed E-state index contributed by atoms with van der Waals surface area (Å²) < 4.78 is 11.3. The second-order valence-corrected chi connectivity index (χ2v) is 5.62. The maximum Gasteiger partial charge on any atom is 0.153 e. The van der Waals surface area contributed by atoms with E-state index in [-0.39, 0.29) is 0 Å². The smallest absolute Gasteiger partial charge is 0.153 e. The van der Waals surface area contributed by atoms with Crippen LogP contribution in [0.2, 0.25) is 0 Å². The van der Waals surface area contributed by atoms with E-state index in [9.17, 15) is 4.79 Å². The standard InChI is InChI=1S/C15H17NO3S/c1-3-6-18-13-5-4-12(9-17)15(7-13)19-10-14-8-16-11(2)20-14/h4-5,7-9H,3,6,10H2,1-2H3. The molecule has 5 heteroatoms. The summed E-state index contributed by atoms with van der Waals surface area (Å²) in [6.45, 7) is 5.05. The second-order valence-electron chi connectivity index (χ2n) is 4.30. The van der Waals surface area contributed by atoms with Crippen molar-refractivity contribution in [3.05, 3.63) is 39.8 Å². The molecule has 1 aromatic carbocycles. The summed E-state index contributed by atoms with van der Waals surface area (Å²) in [4.78, 5) is 16.2. The summed E-state index contributed by atoms with van der Waals surface area (Å²) in [6.07, 6.45) is 3.51. The number of hydrogen-bond donors (Lipinski definition) is 0. The van der Waals surface area contributed by atoms with Crippen LogP contribution in [0.5, 0.6) is 11.5 Å². The molecule has 2 aromatic rings. The number of carbonyl (C=O) groups excluding carboxylic acids is 1. The number of aldehydes is 1. The van der Waals surface area contributed by atoms with Gasteiger partial charge >= 0.3 is 0 Å². The lowest BCUT2D eigenvalue weighted by Gasteiger charge is -2.10. The minimum atomic E-state index is 0.406. The molecule has 0 aliphatic rings. The Hall–Kier alpha value is -1.88. The molecule has 0 aliphatic heterocycles. The van der Waals surface area contributed by atoms with Crippen molar-refractivity contribution in [1.82, 2.24) is 4.98 Å². The third-order valence-corrected chi connectivity index (χ3v) is 3.51. The van der Waals surface area contributed by atoms with Crippen molar-refractivity contribution in [1.29, 1.82) is 0 Å². The van der Waals surface area contributed by atoms with Crippen LogP contribution in [-0.2, 0) is 6.61 Å². The summed E-state index contributed by atoms with van der Waals surface area (Å²) in [7, 11) is 0. The zero-order valence-electron chi connectivity index (χ0n) is 11.6. The molecule has 1 aromatic heterocycles. The predicted octanol–water partition coefficient (Wildman–Crippen LogP) is 3.63. The van der Waals surface area contributed by atoms with E-state index in [4.69, 9.17) is 9.47 Å². The molecule has 4 nitrogen and oxygen atoms in total. The average Bonchev–Trinajstić information content (AvgIpc) is 2.88. The van der Waals surface area contributed by atoms with Gasteiger partial charge in [-0.25, -0.2) is 4.98 Å². The number of ether oxygens (including phenoxy) is 2. The van der Waals surface area contributed by atoms with Crippen molar-refractivity contribution in [2.24, 2.45) is 0 Å². The Morgan fingerprint density at radius 2 is 2.20 bits per heavy atom. The molecule has 0 amide bonds. The minimum absolute atomic E-state index is 0.406. The van der Waals surface area contributed by atoms with Crippen LogP contribution in [0.15, 0.2) is 24.4 Å². The highest BCUT2D eigenvalue weighted by Gasteiger charge is 2.07. The summed E-state index contributed by atoms with van der Waals surface area (Å²) >= 11 is 1.58. The van der Waals surface area contributed by atoms with Crippen LogP contribution in [0.1, 0.15) is 33.6 Å². The molecule has 0 atom stereocenters. The second kappa shape index (κ2) is 7.05. The summed E-state index contributed by atoms with van der Waals surface area (Å²) in [5.74, 6) is 1.26. The van der Waals surface area contributed by atoms with Gasteiger partial charge in [-0.1, -0.05) is 6.92 Å². The molecule has 0 saturated heterocycles. The van der Waals surface area contributed by atoms with E-state index in [1.807, 2.05) is 13.8 Å². The summed E-state index contributed by atoms with van der Waals surface area (Å²) in [5, 5.41) is 0.999. The van der Waals surface area contributed by atoms with E-state index in [2.05, 4.69) is 4.98 Å². The van der Waals surface area contributed by atoms with Crippen molar-refractivity contribution in [2.45, 2.75) is 26.9 Å². The van der Waals surface area contributed by atoms with E-state index in [0.29, 0.717) is 30.3 Å². The number of aromatic nitrogens is 1. The Morgan fingerprint density at radius 3 is 2.85 bits per heavy atom. The molecular formula is C15H17NO3S. The van der Waals surface area contributed by atoms with Gasteiger partial charge in [-0.2, -0.15) is 0 Å². The van der Waals surface area contributed by atoms with Crippen LogP contribution < -0.4 is 9.47 Å². The van der Waals surface area contributed by atoms with E-state index in [1.165, 1.54) is 0 Å². The third-order valence-electron chi connectivity index (χ3n) is 2.62.